The third kappa shape index (κ3) is 4.92. The summed E-state index contributed by atoms with van der Waals surface area (Å²) >= 11 is 1.60. The number of nitrogens with two attached hydrogens (primary N) is 1. The molecular weight excluding hydrogens is 312 g/mol. The third-order valence-corrected chi connectivity index (χ3v) is 4.23. The molecule has 0 spiro atoms. The summed E-state index contributed by atoms with van der Waals surface area (Å²) in [5, 5.41) is 4.00. The summed E-state index contributed by atoms with van der Waals surface area (Å²) in [6.45, 7) is 4.12. The lowest BCUT2D eigenvalue weighted by Crippen LogP contribution is -2.34. The van der Waals surface area contributed by atoms with Crippen LogP contribution >= 0.6 is 11.8 Å². The number of fused-ring (bicyclic) bond motifs is 1. The monoisotopic (exact) mass is 332 g/mol. The van der Waals surface area contributed by atoms with Crippen molar-refractivity contribution < 1.29 is 9.59 Å². The molecule has 0 aliphatic heterocycles. The summed E-state index contributed by atoms with van der Waals surface area (Å²) in [6, 6.07) is 7.09. The van der Waals surface area contributed by atoms with Gasteiger partial charge in [-0.05, 0) is 12.5 Å². The van der Waals surface area contributed by atoms with Gasteiger partial charge in [-0.2, -0.15) is 0 Å². The molecule has 7 heteroatoms. The molecule has 0 unspecified atom stereocenters. The SMILES string of the molecule is CC(C)c1nc(SCCCC(=O)NC(N)=O)c2ccccc2n1. The lowest BCUT2D eigenvalue weighted by atomic mass is 10.2. The third-order valence-electron chi connectivity index (χ3n) is 3.15. The van der Waals surface area contributed by atoms with Gasteiger partial charge in [0.15, 0.2) is 0 Å². The van der Waals surface area contributed by atoms with Crippen molar-refractivity contribution in [3.63, 3.8) is 0 Å². The van der Waals surface area contributed by atoms with Gasteiger partial charge in [0.25, 0.3) is 0 Å². The number of carbonyl (C=O) groups is 2. The molecule has 0 aliphatic rings. The minimum absolute atomic E-state index is 0.250. The maximum absolute atomic E-state index is 11.4. The average Bonchev–Trinajstić information content (AvgIpc) is 2.50. The Kier molecular flexibility index (Phi) is 5.92. The second-order valence-electron chi connectivity index (χ2n) is 5.42. The average molecular weight is 332 g/mol. The zero-order valence-corrected chi connectivity index (χ0v) is 14.0. The number of hydrogen-bond acceptors (Lipinski definition) is 5. The van der Waals surface area contributed by atoms with Crippen molar-refractivity contribution in [3.8, 4) is 0 Å². The van der Waals surface area contributed by atoms with E-state index in [1.54, 1.807) is 11.8 Å². The summed E-state index contributed by atoms with van der Waals surface area (Å²) in [5.41, 5.74) is 5.83. The normalized spacial score (nSPS) is 10.9. The zero-order chi connectivity index (χ0) is 16.8. The summed E-state index contributed by atoms with van der Waals surface area (Å²) in [6.07, 6.45) is 0.898. The molecule has 3 N–H and O–H groups in total. The van der Waals surface area contributed by atoms with Crippen LogP contribution < -0.4 is 11.1 Å². The predicted octanol–water partition coefficient (Wildman–Crippen LogP) is 2.82. The van der Waals surface area contributed by atoms with E-state index in [0.29, 0.717) is 6.42 Å². The van der Waals surface area contributed by atoms with Crippen molar-refractivity contribution in [1.29, 1.82) is 0 Å². The van der Waals surface area contributed by atoms with Crippen LogP contribution in [0.5, 0.6) is 0 Å². The van der Waals surface area contributed by atoms with E-state index in [4.69, 9.17) is 5.73 Å². The van der Waals surface area contributed by atoms with Gasteiger partial charge in [-0.25, -0.2) is 14.8 Å². The minimum Gasteiger partial charge on any atom is -0.351 e. The van der Waals surface area contributed by atoms with E-state index in [2.05, 4.69) is 29.1 Å². The number of carbonyl (C=O) groups excluding carboxylic acids is 2. The van der Waals surface area contributed by atoms with Crippen LogP contribution in [0.25, 0.3) is 10.9 Å². The van der Waals surface area contributed by atoms with Gasteiger partial charge in [-0.15, -0.1) is 11.8 Å². The van der Waals surface area contributed by atoms with Gasteiger partial charge in [-0.1, -0.05) is 32.0 Å². The van der Waals surface area contributed by atoms with Gasteiger partial charge >= 0.3 is 6.03 Å². The van der Waals surface area contributed by atoms with E-state index in [1.165, 1.54) is 0 Å². The Hall–Kier alpha value is -2.15. The van der Waals surface area contributed by atoms with Crippen molar-refractivity contribution in [2.75, 3.05) is 5.75 Å². The molecule has 1 aromatic heterocycles. The van der Waals surface area contributed by atoms with Crippen molar-refractivity contribution in [2.45, 2.75) is 37.6 Å². The zero-order valence-electron chi connectivity index (χ0n) is 13.2. The standard InChI is InChI=1S/C16H20N4O2S/c1-10(2)14-18-12-7-4-3-6-11(12)15(20-14)23-9-5-8-13(21)19-16(17)22/h3-4,6-7,10H,5,8-9H2,1-2H3,(H3,17,19,21,22). The quantitative estimate of drug-likeness (QED) is 0.481. The summed E-state index contributed by atoms with van der Waals surface area (Å²) in [7, 11) is 0. The number of aromatic nitrogens is 2. The van der Waals surface area contributed by atoms with E-state index in [0.717, 1.165) is 27.5 Å². The molecule has 1 aromatic carbocycles. The fourth-order valence-corrected chi connectivity index (χ4v) is 3.00. The van der Waals surface area contributed by atoms with Gasteiger partial charge in [-0.3, -0.25) is 10.1 Å². The molecule has 122 valence electrons. The van der Waals surface area contributed by atoms with Crippen LogP contribution in [0.3, 0.4) is 0 Å². The molecular formula is C16H20N4O2S. The fourth-order valence-electron chi connectivity index (χ4n) is 2.03. The Bertz CT molecular complexity index is 718. The van der Waals surface area contributed by atoms with Gasteiger partial charge in [0.1, 0.15) is 10.9 Å². The van der Waals surface area contributed by atoms with Crippen LogP contribution in [0.4, 0.5) is 4.79 Å². The van der Waals surface area contributed by atoms with Gasteiger partial charge in [0.05, 0.1) is 5.52 Å². The number of amides is 3. The van der Waals surface area contributed by atoms with Gasteiger partial charge < -0.3 is 5.73 Å². The van der Waals surface area contributed by atoms with Crippen LogP contribution in [0, 0.1) is 0 Å². The lowest BCUT2D eigenvalue weighted by Gasteiger charge is -2.10. The summed E-state index contributed by atoms with van der Waals surface area (Å²) in [4.78, 5) is 31.2. The maximum Gasteiger partial charge on any atom is 0.318 e. The Balaban J connectivity index is 2.04. The van der Waals surface area contributed by atoms with E-state index < -0.39 is 6.03 Å². The van der Waals surface area contributed by atoms with Gasteiger partial charge in [0, 0.05) is 23.5 Å². The molecule has 0 aliphatic carbocycles. The molecule has 6 nitrogen and oxygen atoms in total. The molecule has 2 rings (SSSR count). The first kappa shape index (κ1) is 17.2. The maximum atomic E-state index is 11.4. The Morgan fingerprint density at radius 3 is 2.70 bits per heavy atom. The van der Waals surface area contributed by atoms with Gasteiger partial charge in [0.2, 0.25) is 5.91 Å². The molecule has 0 bridgehead atoms. The first-order valence-electron chi connectivity index (χ1n) is 7.46. The highest BCUT2D eigenvalue weighted by Crippen LogP contribution is 2.27. The van der Waals surface area contributed by atoms with Crippen molar-refractivity contribution in [3.05, 3.63) is 30.1 Å². The Labute approximate surface area is 139 Å². The molecule has 0 saturated carbocycles. The number of nitrogens with zero attached hydrogens (tertiary/aromatic N) is 2. The molecule has 2 aromatic rings. The van der Waals surface area contributed by atoms with Crippen molar-refractivity contribution >= 4 is 34.6 Å². The molecule has 0 fully saturated rings. The predicted molar refractivity (Wildman–Crippen MR) is 91.3 cm³/mol. The molecule has 1 heterocycles. The Morgan fingerprint density at radius 1 is 1.26 bits per heavy atom. The first-order valence-corrected chi connectivity index (χ1v) is 8.44. The number of para-hydroxylation sites is 1. The first-order chi connectivity index (χ1) is 11.0. The lowest BCUT2D eigenvalue weighted by molar-refractivity contribution is -0.119. The smallest absolute Gasteiger partial charge is 0.318 e. The van der Waals surface area contributed by atoms with E-state index >= 15 is 0 Å². The second kappa shape index (κ2) is 7.92. The second-order valence-corrected chi connectivity index (χ2v) is 6.51. The summed E-state index contributed by atoms with van der Waals surface area (Å²) in [5.74, 6) is 1.44. The topological polar surface area (TPSA) is 98.0 Å². The van der Waals surface area contributed by atoms with E-state index in [9.17, 15) is 9.59 Å². The van der Waals surface area contributed by atoms with Crippen molar-refractivity contribution in [1.82, 2.24) is 15.3 Å². The number of benzene rings is 1. The molecule has 0 saturated heterocycles. The molecule has 0 atom stereocenters. The number of hydrogen-bond donors (Lipinski definition) is 2. The fraction of sp³-hybridized carbons (Fsp3) is 0.375. The highest BCUT2D eigenvalue weighted by molar-refractivity contribution is 7.99. The van der Waals surface area contributed by atoms with Crippen LogP contribution in [-0.2, 0) is 4.79 Å². The van der Waals surface area contributed by atoms with Crippen molar-refractivity contribution in [2.24, 2.45) is 5.73 Å². The molecule has 3 amide bonds. The van der Waals surface area contributed by atoms with Crippen LogP contribution in [0.1, 0.15) is 38.4 Å². The number of thioether (sulfide) groups is 1. The number of nitrogens with one attached hydrogen (secondary N) is 1. The number of primary amides is 1. The number of urea groups is 1. The summed E-state index contributed by atoms with van der Waals surface area (Å²) < 4.78 is 0. The highest BCUT2D eigenvalue weighted by atomic mass is 32.2. The van der Waals surface area contributed by atoms with Crippen LogP contribution in [-0.4, -0.2) is 27.7 Å². The van der Waals surface area contributed by atoms with E-state index in [1.807, 2.05) is 24.3 Å². The molecule has 0 radical (unpaired) electrons. The number of imide groups is 1. The van der Waals surface area contributed by atoms with E-state index in [-0.39, 0.29) is 18.2 Å². The van der Waals surface area contributed by atoms with Crippen LogP contribution in [0.2, 0.25) is 0 Å². The number of rotatable bonds is 6. The molecule has 23 heavy (non-hydrogen) atoms. The highest BCUT2D eigenvalue weighted by Gasteiger charge is 2.11. The largest absolute Gasteiger partial charge is 0.351 e. The van der Waals surface area contributed by atoms with Crippen LogP contribution in [0.15, 0.2) is 29.3 Å². The Morgan fingerprint density at radius 2 is 2.00 bits per heavy atom. The minimum atomic E-state index is -0.814.